The molecule has 2 aromatic rings. The summed E-state index contributed by atoms with van der Waals surface area (Å²) in [5.41, 5.74) is 5.06. The molecule has 2 rings (SSSR count). The average molecular weight is 311 g/mol. The van der Waals surface area contributed by atoms with Crippen LogP contribution in [-0.4, -0.2) is 19.8 Å². The minimum atomic E-state index is -1.39. The molecule has 0 radical (unpaired) electrons. The maximum atomic E-state index is 9.62. The van der Waals surface area contributed by atoms with Crippen LogP contribution in [-0.2, 0) is 6.04 Å². The minimum absolute atomic E-state index is 0.203. The zero-order chi connectivity index (χ0) is 15.8. The van der Waals surface area contributed by atoms with Crippen molar-refractivity contribution >= 4 is 8.07 Å². The van der Waals surface area contributed by atoms with E-state index in [0.717, 1.165) is 6.42 Å². The predicted molar refractivity (Wildman–Crippen MR) is 97.7 cm³/mol. The van der Waals surface area contributed by atoms with Crippen molar-refractivity contribution in [3.8, 4) is 0 Å². The van der Waals surface area contributed by atoms with Gasteiger partial charge in [0.1, 0.15) is 0 Å². The zero-order valence-electron chi connectivity index (χ0n) is 13.6. The van der Waals surface area contributed by atoms with Crippen LogP contribution >= 0.6 is 0 Å². The van der Waals surface area contributed by atoms with E-state index >= 15 is 0 Å². The van der Waals surface area contributed by atoms with E-state index < -0.39 is 8.07 Å². The summed E-state index contributed by atoms with van der Waals surface area (Å²) < 4.78 is 0. The summed E-state index contributed by atoms with van der Waals surface area (Å²) in [6.45, 7) is 5.00. The van der Waals surface area contributed by atoms with Crippen molar-refractivity contribution < 1.29 is 5.11 Å². The molecular formula is C20H26OSi. The van der Waals surface area contributed by atoms with Gasteiger partial charge in [-0.05, 0) is 18.0 Å². The second kappa shape index (κ2) is 8.11. The van der Waals surface area contributed by atoms with Crippen LogP contribution in [0.4, 0.5) is 0 Å². The Kier molecular flexibility index (Phi) is 6.17. The summed E-state index contributed by atoms with van der Waals surface area (Å²) in [7, 11) is -1.39. The lowest BCUT2D eigenvalue weighted by Gasteiger charge is -2.19. The van der Waals surface area contributed by atoms with Crippen LogP contribution in [0.5, 0.6) is 0 Å². The van der Waals surface area contributed by atoms with E-state index in [1.54, 1.807) is 0 Å². The lowest BCUT2D eigenvalue weighted by atomic mass is 9.97. The third-order valence-electron chi connectivity index (χ3n) is 3.98. The molecule has 1 nitrogen and oxygen atoms in total. The normalized spacial score (nSPS) is 13.4. The monoisotopic (exact) mass is 310 g/mol. The molecule has 1 unspecified atom stereocenters. The van der Waals surface area contributed by atoms with Crippen molar-refractivity contribution in [2.75, 3.05) is 6.61 Å². The lowest BCUT2D eigenvalue weighted by molar-refractivity contribution is 0.266. The summed E-state index contributed by atoms with van der Waals surface area (Å²) in [5.74, 6) is 0.207. The Hall–Kier alpha value is -1.64. The fourth-order valence-electron chi connectivity index (χ4n) is 2.77. The topological polar surface area (TPSA) is 20.2 Å². The smallest absolute Gasteiger partial charge is 0.0756 e. The van der Waals surface area contributed by atoms with Crippen molar-refractivity contribution in [1.82, 2.24) is 0 Å². The Morgan fingerprint density at radius 2 is 1.55 bits per heavy atom. The molecule has 0 saturated heterocycles. The Labute approximate surface area is 135 Å². The molecule has 0 spiro atoms. The molecule has 0 aliphatic carbocycles. The third kappa shape index (κ3) is 5.28. The van der Waals surface area contributed by atoms with Gasteiger partial charge in [0.25, 0.3) is 0 Å². The molecule has 1 N–H and O–H groups in total. The largest absolute Gasteiger partial charge is 0.396 e. The van der Waals surface area contributed by atoms with E-state index in [9.17, 15) is 5.11 Å². The van der Waals surface area contributed by atoms with Crippen molar-refractivity contribution in [2.24, 2.45) is 0 Å². The molecule has 0 amide bonds. The molecule has 1 atom stereocenters. The summed E-state index contributed by atoms with van der Waals surface area (Å²) in [6, 6.07) is 22.2. The van der Waals surface area contributed by atoms with Gasteiger partial charge in [-0.25, -0.2) is 0 Å². The van der Waals surface area contributed by atoms with Gasteiger partial charge in [0, 0.05) is 5.92 Å². The first-order valence-corrected chi connectivity index (χ1v) is 11.3. The highest BCUT2D eigenvalue weighted by molar-refractivity contribution is 6.81. The van der Waals surface area contributed by atoms with Crippen LogP contribution in [0.3, 0.4) is 0 Å². The van der Waals surface area contributed by atoms with Crippen LogP contribution in [0.1, 0.15) is 23.5 Å². The number of allylic oxidation sites excluding steroid dienone is 1. The first-order chi connectivity index (χ1) is 10.6. The SMILES string of the molecule is C[Si](C)(/C=C\CC(CO)c1ccccc1)Cc1ccccc1. The highest BCUT2D eigenvalue weighted by atomic mass is 28.3. The second-order valence-corrected chi connectivity index (χ2v) is 11.2. The molecule has 0 fully saturated rings. The van der Waals surface area contributed by atoms with Crippen LogP contribution in [0.2, 0.25) is 13.1 Å². The molecule has 0 saturated carbocycles. The molecule has 0 aromatic heterocycles. The van der Waals surface area contributed by atoms with E-state index in [0.29, 0.717) is 0 Å². The summed E-state index contributed by atoms with van der Waals surface area (Å²) in [4.78, 5) is 0. The Morgan fingerprint density at radius 3 is 2.14 bits per heavy atom. The quantitative estimate of drug-likeness (QED) is 0.732. The van der Waals surface area contributed by atoms with Gasteiger partial charge in [-0.2, -0.15) is 0 Å². The maximum Gasteiger partial charge on any atom is 0.0756 e. The zero-order valence-corrected chi connectivity index (χ0v) is 14.6. The highest BCUT2D eigenvalue weighted by Gasteiger charge is 2.17. The Morgan fingerprint density at radius 1 is 0.955 bits per heavy atom. The molecule has 2 heteroatoms. The van der Waals surface area contributed by atoms with Gasteiger partial charge in [0.15, 0.2) is 0 Å². The van der Waals surface area contributed by atoms with E-state index in [2.05, 4.69) is 67.3 Å². The third-order valence-corrected chi connectivity index (χ3v) is 6.44. The molecule has 116 valence electrons. The number of aliphatic hydroxyl groups excluding tert-OH is 1. The van der Waals surface area contributed by atoms with Gasteiger partial charge in [0.2, 0.25) is 0 Å². The first-order valence-electron chi connectivity index (χ1n) is 7.98. The summed E-state index contributed by atoms with van der Waals surface area (Å²) in [6.07, 6.45) is 3.19. The standard InChI is InChI=1S/C20H26OSi/c1-22(2,17-18-10-5-3-6-11-18)15-9-14-20(16-21)19-12-7-4-8-13-19/h3-13,15,20-21H,14,16-17H2,1-2H3/b15-9-. The van der Waals surface area contributed by atoms with E-state index in [4.69, 9.17) is 0 Å². The van der Waals surface area contributed by atoms with E-state index in [1.807, 2.05) is 18.2 Å². The summed E-state index contributed by atoms with van der Waals surface area (Å²) in [5, 5.41) is 9.62. The van der Waals surface area contributed by atoms with Gasteiger partial charge in [0.05, 0.1) is 14.7 Å². The Balaban J connectivity index is 1.95. The molecule has 0 bridgehead atoms. The summed E-state index contributed by atoms with van der Waals surface area (Å²) >= 11 is 0. The molecule has 2 aromatic carbocycles. The van der Waals surface area contributed by atoms with Crippen LogP contribution in [0, 0.1) is 0 Å². The van der Waals surface area contributed by atoms with Crippen LogP contribution < -0.4 is 0 Å². The van der Waals surface area contributed by atoms with Gasteiger partial charge >= 0.3 is 0 Å². The fraction of sp³-hybridized carbons (Fsp3) is 0.300. The maximum absolute atomic E-state index is 9.62. The van der Waals surface area contributed by atoms with E-state index in [-0.39, 0.29) is 12.5 Å². The number of hydrogen-bond donors (Lipinski definition) is 1. The first kappa shape index (κ1) is 16.7. The highest BCUT2D eigenvalue weighted by Crippen LogP contribution is 2.20. The number of hydrogen-bond acceptors (Lipinski definition) is 1. The number of aliphatic hydroxyl groups is 1. The van der Waals surface area contributed by atoms with E-state index in [1.165, 1.54) is 17.2 Å². The van der Waals surface area contributed by atoms with Crippen LogP contribution in [0.15, 0.2) is 72.4 Å². The molecule has 0 heterocycles. The van der Waals surface area contributed by atoms with Gasteiger partial charge in [-0.3, -0.25) is 0 Å². The minimum Gasteiger partial charge on any atom is -0.396 e. The van der Waals surface area contributed by atoms with Gasteiger partial charge in [-0.1, -0.05) is 91.1 Å². The lowest BCUT2D eigenvalue weighted by Crippen LogP contribution is -2.26. The van der Waals surface area contributed by atoms with Gasteiger partial charge in [-0.15, -0.1) is 0 Å². The molecule has 0 aliphatic rings. The average Bonchev–Trinajstić information content (AvgIpc) is 2.53. The van der Waals surface area contributed by atoms with Crippen molar-refractivity contribution in [1.29, 1.82) is 0 Å². The Bertz CT molecular complexity index is 575. The predicted octanol–water partition coefficient (Wildman–Crippen LogP) is 4.74. The van der Waals surface area contributed by atoms with Crippen molar-refractivity contribution in [2.45, 2.75) is 31.5 Å². The fourth-order valence-corrected chi connectivity index (χ4v) is 4.95. The van der Waals surface area contributed by atoms with Gasteiger partial charge < -0.3 is 5.11 Å². The van der Waals surface area contributed by atoms with Crippen molar-refractivity contribution in [3.05, 3.63) is 83.6 Å². The number of rotatable bonds is 7. The molecule has 22 heavy (non-hydrogen) atoms. The number of benzene rings is 2. The molecular weight excluding hydrogens is 284 g/mol. The van der Waals surface area contributed by atoms with Crippen LogP contribution in [0.25, 0.3) is 0 Å². The molecule has 0 aliphatic heterocycles. The second-order valence-electron chi connectivity index (χ2n) is 6.58. The van der Waals surface area contributed by atoms with Crippen molar-refractivity contribution in [3.63, 3.8) is 0 Å².